The lowest BCUT2D eigenvalue weighted by Gasteiger charge is -2.16. The molecule has 0 saturated heterocycles. The van der Waals surface area contributed by atoms with Crippen molar-refractivity contribution in [1.29, 1.82) is 0 Å². The zero-order valence-corrected chi connectivity index (χ0v) is 24.3. The van der Waals surface area contributed by atoms with Gasteiger partial charge in [0.2, 0.25) is 0 Å². The molecular formula is C42H30N2. The molecule has 0 aliphatic heterocycles. The van der Waals surface area contributed by atoms with E-state index in [0.717, 1.165) is 12.8 Å². The Bertz CT molecular complexity index is 2410. The zero-order valence-electron chi connectivity index (χ0n) is 24.3. The number of para-hydroxylation sites is 3. The lowest BCUT2D eigenvalue weighted by atomic mass is 9.99. The fourth-order valence-corrected chi connectivity index (χ4v) is 7.18. The summed E-state index contributed by atoms with van der Waals surface area (Å²) in [5.74, 6) is 0. The monoisotopic (exact) mass is 562 g/mol. The van der Waals surface area contributed by atoms with E-state index in [2.05, 4.69) is 167 Å². The second-order valence-electron chi connectivity index (χ2n) is 11.7. The van der Waals surface area contributed by atoms with Gasteiger partial charge in [-0.25, -0.2) is 0 Å². The summed E-state index contributed by atoms with van der Waals surface area (Å²) < 4.78 is 4.91. The van der Waals surface area contributed by atoms with Gasteiger partial charge < -0.3 is 9.13 Å². The molecule has 2 heterocycles. The largest absolute Gasteiger partial charge is 0.312 e. The van der Waals surface area contributed by atoms with E-state index in [0.29, 0.717) is 0 Å². The third-order valence-electron chi connectivity index (χ3n) is 9.19. The number of fused-ring (bicyclic) bond motifs is 6. The van der Waals surface area contributed by atoms with Crippen LogP contribution in [0.5, 0.6) is 0 Å². The highest BCUT2D eigenvalue weighted by molar-refractivity contribution is 6.16. The maximum atomic E-state index is 2.51. The van der Waals surface area contributed by atoms with Gasteiger partial charge in [0.25, 0.3) is 0 Å². The Kier molecular flexibility index (Phi) is 5.67. The van der Waals surface area contributed by atoms with Crippen LogP contribution in [0.3, 0.4) is 0 Å². The highest BCUT2D eigenvalue weighted by Crippen LogP contribution is 2.41. The molecule has 0 radical (unpaired) electrons. The summed E-state index contributed by atoms with van der Waals surface area (Å²) in [7, 11) is 0. The number of hydrogen-bond acceptors (Lipinski definition) is 0. The number of hydrogen-bond donors (Lipinski definition) is 0. The van der Waals surface area contributed by atoms with Crippen LogP contribution in [0.15, 0.2) is 158 Å². The minimum absolute atomic E-state index is 1.04. The van der Waals surface area contributed by atoms with E-state index in [9.17, 15) is 0 Å². The second kappa shape index (κ2) is 10.00. The van der Waals surface area contributed by atoms with Gasteiger partial charge in [-0.1, -0.05) is 115 Å². The van der Waals surface area contributed by atoms with Crippen LogP contribution >= 0.6 is 0 Å². The summed E-state index contributed by atoms with van der Waals surface area (Å²) in [4.78, 5) is 0. The molecular weight excluding hydrogens is 532 g/mol. The van der Waals surface area contributed by atoms with Crippen molar-refractivity contribution in [1.82, 2.24) is 9.13 Å². The topological polar surface area (TPSA) is 9.86 Å². The lowest BCUT2D eigenvalue weighted by molar-refractivity contribution is 0.979. The van der Waals surface area contributed by atoms with E-state index in [1.807, 2.05) is 0 Å². The maximum absolute atomic E-state index is 2.51. The fraction of sp³-hybridized carbons (Fsp3) is 0.0476. The first-order chi connectivity index (χ1) is 21.8. The minimum Gasteiger partial charge on any atom is -0.312 e. The van der Waals surface area contributed by atoms with Crippen LogP contribution in [0, 0.1) is 0 Å². The number of aromatic nitrogens is 2. The third-order valence-corrected chi connectivity index (χ3v) is 9.19. The summed E-state index contributed by atoms with van der Waals surface area (Å²) in [6.07, 6.45) is 8.85. The van der Waals surface area contributed by atoms with Gasteiger partial charge in [0.1, 0.15) is 0 Å². The Balaban J connectivity index is 1.26. The van der Waals surface area contributed by atoms with Crippen molar-refractivity contribution in [3.05, 3.63) is 158 Å². The predicted octanol–water partition coefficient (Wildman–Crippen LogP) is 11.4. The number of nitrogens with zero attached hydrogens (tertiary/aromatic N) is 2. The van der Waals surface area contributed by atoms with Crippen LogP contribution < -0.4 is 0 Å². The van der Waals surface area contributed by atoms with E-state index in [-0.39, 0.29) is 0 Å². The van der Waals surface area contributed by atoms with Crippen LogP contribution in [0.2, 0.25) is 0 Å². The highest BCUT2D eigenvalue weighted by Gasteiger charge is 2.19. The Morgan fingerprint density at radius 1 is 0.455 bits per heavy atom. The second-order valence-corrected chi connectivity index (χ2v) is 11.7. The van der Waals surface area contributed by atoms with Gasteiger partial charge in [0, 0.05) is 38.5 Å². The van der Waals surface area contributed by atoms with Crippen molar-refractivity contribution in [2.45, 2.75) is 12.8 Å². The molecule has 0 atom stereocenters. The molecule has 0 amide bonds. The molecule has 0 N–H and O–H groups in total. The highest BCUT2D eigenvalue weighted by atomic mass is 15.0. The Hall–Kier alpha value is -5.60. The van der Waals surface area contributed by atoms with E-state index < -0.39 is 0 Å². The van der Waals surface area contributed by atoms with Crippen molar-refractivity contribution >= 4 is 49.3 Å². The molecule has 2 aromatic heterocycles. The SMILES string of the molecule is C1=CCCC(n2c3ccccc3c3cccc(-c4ccc5c(c4)c4ccccc4n5-c4ccc(-c5ccccc5)cc4)c32)=C1. The molecule has 0 spiro atoms. The van der Waals surface area contributed by atoms with Gasteiger partial charge in [-0.2, -0.15) is 0 Å². The van der Waals surface area contributed by atoms with Gasteiger partial charge in [-0.05, 0) is 72.0 Å². The first kappa shape index (κ1) is 24.9. The van der Waals surface area contributed by atoms with E-state index in [4.69, 9.17) is 0 Å². The summed E-state index contributed by atoms with van der Waals surface area (Å²) in [5.41, 5.74) is 12.5. The average molecular weight is 563 g/mol. The lowest BCUT2D eigenvalue weighted by Crippen LogP contribution is -2.00. The Morgan fingerprint density at radius 2 is 1.09 bits per heavy atom. The Morgan fingerprint density at radius 3 is 1.86 bits per heavy atom. The smallest absolute Gasteiger partial charge is 0.0616 e. The molecule has 208 valence electrons. The summed E-state index contributed by atoms with van der Waals surface area (Å²) in [6, 6.07) is 51.0. The van der Waals surface area contributed by atoms with Gasteiger partial charge in [0.15, 0.2) is 0 Å². The molecule has 9 rings (SSSR count). The molecule has 2 heteroatoms. The first-order valence-electron chi connectivity index (χ1n) is 15.4. The molecule has 2 nitrogen and oxygen atoms in total. The van der Waals surface area contributed by atoms with E-state index >= 15 is 0 Å². The molecule has 1 aliphatic carbocycles. The fourth-order valence-electron chi connectivity index (χ4n) is 7.18. The van der Waals surface area contributed by atoms with Crippen LogP contribution in [-0.4, -0.2) is 9.13 Å². The van der Waals surface area contributed by atoms with Gasteiger partial charge in [-0.3, -0.25) is 0 Å². The quantitative estimate of drug-likeness (QED) is 0.202. The number of benzene rings is 6. The van der Waals surface area contributed by atoms with Crippen LogP contribution in [-0.2, 0) is 0 Å². The van der Waals surface area contributed by atoms with Crippen molar-refractivity contribution in [2.24, 2.45) is 0 Å². The molecule has 6 aromatic carbocycles. The van der Waals surface area contributed by atoms with Gasteiger partial charge in [-0.15, -0.1) is 0 Å². The molecule has 44 heavy (non-hydrogen) atoms. The molecule has 1 aliphatic rings. The van der Waals surface area contributed by atoms with Crippen LogP contribution in [0.1, 0.15) is 12.8 Å². The summed E-state index contributed by atoms with van der Waals surface area (Å²) in [5, 5.41) is 5.14. The van der Waals surface area contributed by atoms with Crippen molar-refractivity contribution in [3.63, 3.8) is 0 Å². The summed E-state index contributed by atoms with van der Waals surface area (Å²) in [6.45, 7) is 0. The third kappa shape index (κ3) is 3.81. The summed E-state index contributed by atoms with van der Waals surface area (Å²) >= 11 is 0. The standard InChI is InChI=1S/C42H30N2/c1-3-12-29(13-4-1)30-22-25-33(26-23-30)43-39-20-9-8-17-36(39)38-28-31(24-27-41(38)43)34-18-11-19-37-35-16-7-10-21-40(35)44(42(34)37)32-14-5-2-6-15-32/h1-5,7-14,16-28H,6,15H2. The zero-order chi connectivity index (χ0) is 29.0. The minimum atomic E-state index is 1.04. The van der Waals surface area contributed by atoms with E-state index in [1.165, 1.54) is 77.2 Å². The molecule has 0 fully saturated rings. The molecule has 0 saturated carbocycles. The number of allylic oxidation sites excluding steroid dienone is 4. The van der Waals surface area contributed by atoms with E-state index in [1.54, 1.807) is 0 Å². The van der Waals surface area contributed by atoms with Crippen LogP contribution in [0.25, 0.3) is 77.2 Å². The molecule has 8 aromatic rings. The van der Waals surface area contributed by atoms with Crippen molar-refractivity contribution < 1.29 is 0 Å². The Labute approximate surface area is 256 Å². The normalized spacial score (nSPS) is 13.3. The molecule has 0 bridgehead atoms. The van der Waals surface area contributed by atoms with Gasteiger partial charge in [0.05, 0.1) is 22.1 Å². The first-order valence-corrected chi connectivity index (χ1v) is 15.4. The van der Waals surface area contributed by atoms with Crippen molar-refractivity contribution in [3.8, 4) is 27.9 Å². The van der Waals surface area contributed by atoms with Gasteiger partial charge >= 0.3 is 0 Å². The predicted molar refractivity (Wildman–Crippen MR) is 187 cm³/mol. The molecule has 0 unspecified atom stereocenters. The number of rotatable bonds is 4. The van der Waals surface area contributed by atoms with Crippen molar-refractivity contribution in [2.75, 3.05) is 0 Å². The maximum Gasteiger partial charge on any atom is 0.0616 e. The van der Waals surface area contributed by atoms with Crippen LogP contribution in [0.4, 0.5) is 0 Å². The average Bonchev–Trinajstić information content (AvgIpc) is 3.62.